The summed E-state index contributed by atoms with van der Waals surface area (Å²) in [4.78, 5) is 36.5. The molecule has 2 aromatic rings. The van der Waals surface area contributed by atoms with Gasteiger partial charge in [-0.2, -0.15) is 0 Å². The Morgan fingerprint density at radius 3 is 2.63 bits per heavy atom. The van der Waals surface area contributed by atoms with Crippen molar-refractivity contribution in [2.24, 2.45) is 0 Å². The maximum Gasteiger partial charge on any atom is 0.271 e. The molecule has 27 heavy (non-hydrogen) atoms. The normalized spacial score (nSPS) is 16.5. The molecule has 1 atom stereocenters. The maximum atomic E-state index is 12.7. The van der Waals surface area contributed by atoms with E-state index in [0.29, 0.717) is 23.7 Å². The van der Waals surface area contributed by atoms with Crippen LogP contribution in [0.1, 0.15) is 19.8 Å². The Morgan fingerprint density at radius 1 is 1.22 bits per heavy atom. The third-order valence-electron chi connectivity index (χ3n) is 4.11. The van der Waals surface area contributed by atoms with Gasteiger partial charge in [0.2, 0.25) is 5.91 Å². The number of nitrogens with one attached hydrogen (secondary N) is 1. The smallest absolute Gasteiger partial charge is 0.271 e. The van der Waals surface area contributed by atoms with Crippen molar-refractivity contribution in [1.29, 1.82) is 0 Å². The number of rotatable bonds is 7. The maximum absolute atomic E-state index is 12.7. The van der Waals surface area contributed by atoms with Crippen LogP contribution in [0.15, 0.2) is 48.5 Å². The Kier molecular flexibility index (Phi) is 5.35. The zero-order chi connectivity index (χ0) is 19.4. The predicted octanol–water partition coefficient (Wildman–Crippen LogP) is 3.13. The van der Waals surface area contributed by atoms with Crippen LogP contribution in [0, 0.1) is 10.1 Å². The van der Waals surface area contributed by atoms with Crippen molar-refractivity contribution in [3.63, 3.8) is 0 Å². The van der Waals surface area contributed by atoms with Gasteiger partial charge in [0, 0.05) is 17.8 Å². The average Bonchev–Trinajstić information content (AvgIpc) is 2.94. The third kappa shape index (κ3) is 4.05. The summed E-state index contributed by atoms with van der Waals surface area (Å²) < 4.78 is 5.50. The number of amides is 2. The zero-order valence-corrected chi connectivity index (χ0v) is 14.8. The molecular formula is C19H19N3O5. The van der Waals surface area contributed by atoms with Crippen LogP contribution in [0.25, 0.3) is 0 Å². The zero-order valence-electron chi connectivity index (χ0n) is 14.8. The summed E-state index contributed by atoms with van der Waals surface area (Å²) in [6, 6.07) is 11.8. The number of nitro groups is 1. The summed E-state index contributed by atoms with van der Waals surface area (Å²) in [5, 5.41) is 13.8. The van der Waals surface area contributed by atoms with Gasteiger partial charge in [0.25, 0.3) is 11.6 Å². The fourth-order valence-corrected chi connectivity index (χ4v) is 2.84. The highest BCUT2D eigenvalue weighted by molar-refractivity contribution is 6.23. The van der Waals surface area contributed by atoms with Gasteiger partial charge in [0.15, 0.2) is 0 Å². The third-order valence-corrected chi connectivity index (χ3v) is 4.11. The molecule has 3 rings (SSSR count). The van der Waals surface area contributed by atoms with Gasteiger partial charge in [-0.1, -0.05) is 13.0 Å². The second-order valence-corrected chi connectivity index (χ2v) is 6.12. The first-order valence-corrected chi connectivity index (χ1v) is 8.60. The molecule has 0 saturated carbocycles. The van der Waals surface area contributed by atoms with Crippen molar-refractivity contribution in [2.75, 3.05) is 16.8 Å². The number of hydrogen-bond acceptors (Lipinski definition) is 6. The quantitative estimate of drug-likeness (QED) is 0.457. The van der Waals surface area contributed by atoms with E-state index in [2.05, 4.69) is 5.32 Å². The van der Waals surface area contributed by atoms with Gasteiger partial charge in [0.1, 0.15) is 11.8 Å². The van der Waals surface area contributed by atoms with Gasteiger partial charge < -0.3 is 10.1 Å². The summed E-state index contributed by atoms with van der Waals surface area (Å²) in [6.45, 7) is 2.60. The highest BCUT2D eigenvalue weighted by atomic mass is 16.6. The van der Waals surface area contributed by atoms with Crippen LogP contribution in [0.5, 0.6) is 5.75 Å². The number of non-ortho nitro benzene ring substituents is 1. The number of nitrogens with zero attached hydrogens (tertiary/aromatic N) is 2. The molecule has 0 aliphatic carbocycles. The molecule has 8 heteroatoms. The number of anilines is 2. The van der Waals surface area contributed by atoms with Crippen molar-refractivity contribution < 1.29 is 19.2 Å². The van der Waals surface area contributed by atoms with E-state index in [0.717, 1.165) is 11.3 Å². The molecule has 1 aliphatic rings. The van der Waals surface area contributed by atoms with Crippen molar-refractivity contribution in [1.82, 2.24) is 0 Å². The average molecular weight is 369 g/mol. The Labute approximate surface area is 155 Å². The van der Waals surface area contributed by atoms with Gasteiger partial charge in [-0.25, -0.2) is 4.90 Å². The second-order valence-electron chi connectivity index (χ2n) is 6.12. The monoisotopic (exact) mass is 369 g/mol. The first-order chi connectivity index (χ1) is 13.0. The van der Waals surface area contributed by atoms with Crippen LogP contribution in [0.2, 0.25) is 0 Å². The molecule has 2 aromatic carbocycles. The summed E-state index contributed by atoms with van der Waals surface area (Å²) >= 11 is 0. The highest BCUT2D eigenvalue weighted by Crippen LogP contribution is 2.27. The van der Waals surface area contributed by atoms with Crippen molar-refractivity contribution in [2.45, 2.75) is 25.8 Å². The van der Waals surface area contributed by atoms with E-state index >= 15 is 0 Å². The van der Waals surface area contributed by atoms with E-state index in [1.807, 2.05) is 6.92 Å². The lowest BCUT2D eigenvalue weighted by Crippen LogP contribution is -2.34. The topological polar surface area (TPSA) is 102 Å². The van der Waals surface area contributed by atoms with Gasteiger partial charge in [0.05, 0.1) is 23.6 Å². The van der Waals surface area contributed by atoms with Crippen LogP contribution >= 0.6 is 0 Å². The molecule has 0 unspecified atom stereocenters. The van der Waals surface area contributed by atoms with Crippen LogP contribution in [-0.2, 0) is 9.59 Å². The Bertz CT molecular complexity index is 866. The summed E-state index contributed by atoms with van der Waals surface area (Å²) in [5.41, 5.74) is 0.800. The van der Waals surface area contributed by atoms with Gasteiger partial charge >= 0.3 is 0 Å². The molecule has 0 aromatic heterocycles. The number of carbonyl (C=O) groups is 2. The first kappa shape index (κ1) is 18.4. The lowest BCUT2D eigenvalue weighted by molar-refractivity contribution is -0.384. The van der Waals surface area contributed by atoms with E-state index in [-0.39, 0.29) is 18.0 Å². The molecule has 1 N–H and O–H groups in total. The Morgan fingerprint density at radius 2 is 1.96 bits per heavy atom. The molecule has 1 aliphatic heterocycles. The fraction of sp³-hybridized carbons (Fsp3) is 0.263. The van der Waals surface area contributed by atoms with Crippen LogP contribution in [0.4, 0.5) is 17.1 Å². The summed E-state index contributed by atoms with van der Waals surface area (Å²) in [5.74, 6) is -0.0511. The molecule has 0 radical (unpaired) electrons. The standard InChI is InChI=1S/C19H19N3O5/c1-2-10-27-16-8-6-14(7-9-16)21-18(23)12-17(19(21)24)20-13-4-3-5-15(11-13)22(25)26/h3-9,11,17,20H,2,10,12H2,1H3/t17-/m1/s1. The highest BCUT2D eigenvalue weighted by Gasteiger charge is 2.39. The Balaban J connectivity index is 1.73. The van der Waals surface area contributed by atoms with Crippen LogP contribution in [-0.4, -0.2) is 29.4 Å². The lowest BCUT2D eigenvalue weighted by atomic mass is 10.2. The predicted molar refractivity (Wildman–Crippen MR) is 99.8 cm³/mol. The largest absolute Gasteiger partial charge is 0.494 e. The van der Waals surface area contributed by atoms with E-state index < -0.39 is 16.9 Å². The van der Waals surface area contributed by atoms with Crippen molar-refractivity contribution >= 4 is 28.9 Å². The number of carbonyl (C=O) groups excluding carboxylic acids is 2. The van der Waals surface area contributed by atoms with Crippen LogP contribution < -0.4 is 15.0 Å². The second kappa shape index (κ2) is 7.86. The minimum absolute atomic E-state index is 0.0182. The van der Waals surface area contributed by atoms with E-state index in [1.165, 1.54) is 18.2 Å². The van der Waals surface area contributed by atoms with E-state index in [1.54, 1.807) is 30.3 Å². The molecular weight excluding hydrogens is 350 g/mol. The Hall–Kier alpha value is -3.42. The number of benzene rings is 2. The minimum atomic E-state index is -0.768. The van der Waals surface area contributed by atoms with Gasteiger partial charge in [-0.15, -0.1) is 0 Å². The molecule has 2 amide bonds. The number of ether oxygens (including phenoxy) is 1. The SMILES string of the molecule is CCCOc1ccc(N2C(=O)C[C@@H](Nc3cccc([N+](=O)[O-])c3)C2=O)cc1. The summed E-state index contributed by atoms with van der Waals surface area (Å²) in [7, 11) is 0. The molecule has 0 spiro atoms. The number of hydrogen-bond donors (Lipinski definition) is 1. The van der Waals surface area contributed by atoms with Crippen molar-refractivity contribution in [3.05, 3.63) is 58.6 Å². The number of imide groups is 1. The number of nitro benzene ring substituents is 1. The van der Waals surface area contributed by atoms with Gasteiger partial charge in [-0.05, 0) is 36.8 Å². The van der Waals surface area contributed by atoms with Crippen molar-refractivity contribution in [3.8, 4) is 5.75 Å². The minimum Gasteiger partial charge on any atom is -0.494 e. The molecule has 1 heterocycles. The lowest BCUT2D eigenvalue weighted by Gasteiger charge is -2.16. The first-order valence-electron chi connectivity index (χ1n) is 8.60. The fourth-order valence-electron chi connectivity index (χ4n) is 2.84. The van der Waals surface area contributed by atoms with Gasteiger partial charge in [-0.3, -0.25) is 19.7 Å². The van der Waals surface area contributed by atoms with E-state index in [4.69, 9.17) is 4.74 Å². The molecule has 1 fully saturated rings. The molecule has 8 nitrogen and oxygen atoms in total. The molecule has 0 bridgehead atoms. The molecule has 140 valence electrons. The van der Waals surface area contributed by atoms with E-state index in [9.17, 15) is 19.7 Å². The van der Waals surface area contributed by atoms with Crippen LogP contribution in [0.3, 0.4) is 0 Å². The summed E-state index contributed by atoms with van der Waals surface area (Å²) in [6.07, 6.45) is 0.867. The molecule has 1 saturated heterocycles.